The summed E-state index contributed by atoms with van der Waals surface area (Å²) >= 11 is 0. The molecule has 0 aliphatic heterocycles. The number of hydrogen-bond acceptors (Lipinski definition) is 5. The Bertz CT molecular complexity index is 843. The highest BCUT2D eigenvalue weighted by Gasteiger charge is 2.10. The lowest BCUT2D eigenvalue weighted by Gasteiger charge is -2.09. The fourth-order valence-corrected chi connectivity index (χ4v) is 2.31. The van der Waals surface area contributed by atoms with E-state index in [2.05, 4.69) is 5.32 Å². The number of rotatable bonds is 7. The SMILES string of the molecule is CC(=O)Oc1ccc(C=CC(=O)NCCc2ccccc2)cc1OC(C)=O. The van der Waals surface area contributed by atoms with Gasteiger partial charge in [0.2, 0.25) is 5.91 Å². The van der Waals surface area contributed by atoms with Crippen molar-refractivity contribution in [1.29, 1.82) is 0 Å². The van der Waals surface area contributed by atoms with E-state index < -0.39 is 11.9 Å². The third-order valence-corrected chi connectivity index (χ3v) is 3.46. The van der Waals surface area contributed by atoms with Gasteiger partial charge >= 0.3 is 11.9 Å². The van der Waals surface area contributed by atoms with Crippen LogP contribution in [-0.4, -0.2) is 24.4 Å². The van der Waals surface area contributed by atoms with Crippen LogP contribution in [0.1, 0.15) is 25.0 Å². The Morgan fingerprint density at radius 1 is 0.926 bits per heavy atom. The van der Waals surface area contributed by atoms with Crippen molar-refractivity contribution in [2.24, 2.45) is 0 Å². The maximum atomic E-state index is 11.9. The van der Waals surface area contributed by atoms with Gasteiger partial charge in [-0.05, 0) is 35.8 Å². The monoisotopic (exact) mass is 367 g/mol. The Morgan fingerprint density at radius 3 is 2.26 bits per heavy atom. The molecule has 6 heteroatoms. The predicted octanol–water partition coefficient (Wildman–Crippen LogP) is 2.91. The fraction of sp³-hybridized carbons (Fsp3) is 0.190. The summed E-state index contributed by atoms with van der Waals surface area (Å²) in [4.78, 5) is 34.3. The normalized spacial score (nSPS) is 10.4. The molecule has 0 fully saturated rings. The van der Waals surface area contributed by atoms with Gasteiger partial charge < -0.3 is 14.8 Å². The van der Waals surface area contributed by atoms with E-state index >= 15 is 0 Å². The van der Waals surface area contributed by atoms with E-state index in [0.29, 0.717) is 12.1 Å². The van der Waals surface area contributed by atoms with Crippen molar-refractivity contribution in [2.45, 2.75) is 20.3 Å². The minimum absolute atomic E-state index is 0.115. The number of nitrogens with one attached hydrogen (secondary N) is 1. The Balaban J connectivity index is 1.97. The molecule has 140 valence electrons. The van der Waals surface area contributed by atoms with Gasteiger partial charge in [0.25, 0.3) is 0 Å². The molecule has 0 spiro atoms. The quantitative estimate of drug-likeness (QED) is 0.462. The molecular formula is C21H21NO5. The zero-order chi connectivity index (χ0) is 19.6. The van der Waals surface area contributed by atoms with Gasteiger partial charge in [0, 0.05) is 26.5 Å². The van der Waals surface area contributed by atoms with Gasteiger partial charge in [-0.2, -0.15) is 0 Å². The molecule has 0 aromatic heterocycles. The van der Waals surface area contributed by atoms with Crippen LogP contribution >= 0.6 is 0 Å². The first-order valence-corrected chi connectivity index (χ1v) is 8.45. The zero-order valence-electron chi connectivity index (χ0n) is 15.2. The maximum absolute atomic E-state index is 11.9. The third kappa shape index (κ3) is 7.15. The zero-order valence-corrected chi connectivity index (χ0v) is 15.2. The van der Waals surface area contributed by atoms with Crippen molar-refractivity contribution in [2.75, 3.05) is 6.54 Å². The highest BCUT2D eigenvalue weighted by atomic mass is 16.6. The lowest BCUT2D eigenvalue weighted by atomic mass is 10.1. The van der Waals surface area contributed by atoms with Crippen LogP contribution in [0.5, 0.6) is 11.5 Å². The molecule has 1 N–H and O–H groups in total. The van der Waals surface area contributed by atoms with Crippen LogP contribution in [0.15, 0.2) is 54.6 Å². The summed E-state index contributed by atoms with van der Waals surface area (Å²) in [6, 6.07) is 14.5. The fourth-order valence-electron chi connectivity index (χ4n) is 2.31. The van der Waals surface area contributed by atoms with E-state index in [1.807, 2.05) is 30.3 Å². The molecule has 2 rings (SSSR count). The van der Waals surface area contributed by atoms with Crippen molar-refractivity contribution in [3.63, 3.8) is 0 Å². The van der Waals surface area contributed by atoms with Gasteiger partial charge in [0.15, 0.2) is 11.5 Å². The van der Waals surface area contributed by atoms with Crippen LogP contribution in [0.25, 0.3) is 6.08 Å². The first-order valence-electron chi connectivity index (χ1n) is 8.45. The number of benzene rings is 2. The average Bonchev–Trinajstić information content (AvgIpc) is 2.62. The maximum Gasteiger partial charge on any atom is 0.308 e. The molecule has 27 heavy (non-hydrogen) atoms. The molecule has 0 heterocycles. The number of amides is 1. The summed E-state index contributed by atoms with van der Waals surface area (Å²) in [6.07, 6.45) is 3.72. The molecule has 0 saturated heterocycles. The Kier molecular flexibility index (Phi) is 7.31. The van der Waals surface area contributed by atoms with E-state index in [1.54, 1.807) is 12.1 Å². The van der Waals surface area contributed by atoms with Crippen molar-refractivity contribution in [3.8, 4) is 11.5 Å². The summed E-state index contributed by atoms with van der Waals surface area (Å²) in [6.45, 7) is 3.03. The van der Waals surface area contributed by atoms with Gasteiger partial charge in [0.1, 0.15) is 0 Å². The number of ether oxygens (including phenoxy) is 2. The molecule has 6 nitrogen and oxygen atoms in total. The number of carbonyl (C=O) groups excluding carboxylic acids is 3. The van der Waals surface area contributed by atoms with Gasteiger partial charge in [-0.15, -0.1) is 0 Å². The molecule has 2 aromatic carbocycles. The molecule has 0 atom stereocenters. The second-order valence-electron chi connectivity index (χ2n) is 5.75. The summed E-state index contributed by atoms with van der Waals surface area (Å²) in [5.74, 6) is -1.04. The highest BCUT2D eigenvalue weighted by molar-refractivity contribution is 5.91. The van der Waals surface area contributed by atoms with Gasteiger partial charge in [-0.25, -0.2) is 0 Å². The lowest BCUT2D eigenvalue weighted by Crippen LogP contribution is -2.23. The van der Waals surface area contributed by atoms with Crippen molar-refractivity contribution in [1.82, 2.24) is 5.32 Å². The Morgan fingerprint density at radius 2 is 1.59 bits per heavy atom. The summed E-state index contributed by atoms with van der Waals surface area (Å²) in [5.41, 5.74) is 1.77. The smallest absolute Gasteiger partial charge is 0.308 e. The van der Waals surface area contributed by atoms with Crippen LogP contribution in [0, 0.1) is 0 Å². The van der Waals surface area contributed by atoms with Crippen molar-refractivity contribution in [3.05, 3.63) is 65.7 Å². The summed E-state index contributed by atoms with van der Waals surface area (Å²) in [5, 5.41) is 2.81. The molecule has 0 bridgehead atoms. The largest absolute Gasteiger partial charge is 0.423 e. The first kappa shape index (κ1) is 19.9. The highest BCUT2D eigenvalue weighted by Crippen LogP contribution is 2.29. The molecule has 0 saturated carbocycles. The average molecular weight is 367 g/mol. The molecule has 2 aromatic rings. The van der Waals surface area contributed by atoms with E-state index in [-0.39, 0.29) is 17.4 Å². The number of hydrogen-bond donors (Lipinski definition) is 1. The molecule has 1 amide bonds. The Labute approximate surface area is 157 Å². The van der Waals surface area contributed by atoms with Crippen molar-refractivity contribution < 1.29 is 23.9 Å². The summed E-state index contributed by atoms with van der Waals surface area (Å²) < 4.78 is 10.1. The molecule has 0 unspecified atom stereocenters. The minimum Gasteiger partial charge on any atom is -0.423 e. The molecule has 0 radical (unpaired) electrons. The van der Waals surface area contributed by atoms with Crippen LogP contribution in [0.2, 0.25) is 0 Å². The lowest BCUT2D eigenvalue weighted by molar-refractivity contribution is -0.134. The molecular weight excluding hydrogens is 346 g/mol. The Hall–Kier alpha value is -3.41. The number of carbonyl (C=O) groups is 3. The number of esters is 2. The topological polar surface area (TPSA) is 81.7 Å². The van der Waals surface area contributed by atoms with Gasteiger partial charge in [-0.3, -0.25) is 14.4 Å². The van der Waals surface area contributed by atoms with Crippen LogP contribution in [0.4, 0.5) is 0 Å². The minimum atomic E-state index is -0.539. The van der Waals surface area contributed by atoms with Crippen LogP contribution in [-0.2, 0) is 20.8 Å². The second kappa shape index (κ2) is 9.91. The van der Waals surface area contributed by atoms with E-state index in [9.17, 15) is 14.4 Å². The second-order valence-corrected chi connectivity index (χ2v) is 5.75. The van der Waals surface area contributed by atoms with Crippen LogP contribution < -0.4 is 14.8 Å². The molecule has 0 aliphatic carbocycles. The first-order chi connectivity index (χ1) is 12.9. The van der Waals surface area contributed by atoms with Gasteiger partial charge in [0.05, 0.1) is 0 Å². The molecule has 0 aliphatic rings. The third-order valence-electron chi connectivity index (χ3n) is 3.46. The summed E-state index contributed by atoms with van der Waals surface area (Å²) in [7, 11) is 0. The van der Waals surface area contributed by atoms with E-state index in [4.69, 9.17) is 9.47 Å². The van der Waals surface area contributed by atoms with E-state index in [0.717, 1.165) is 12.0 Å². The van der Waals surface area contributed by atoms with Gasteiger partial charge in [-0.1, -0.05) is 36.4 Å². The van der Waals surface area contributed by atoms with E-state index in [1.165, 1.54) is 32.1 Å². The van der Waals surface area contributed by atoms with Crippen molar-refractivity contribution >= 4 is 23.9 Å². The standard InChI is InChI=1S/C21H21NO5/c1-15(23)26-19-10-8-18(14-20(19)27-16(2)24)9-11-21(25)22-13-12-17-6-4-3-5-7-17/h3-11,14H,12-13H2,1-2H3,(H,22,25). The van der Waals surface area contributed by atoms with Crippen LogP contribution in [0.3, 0.4) is 0 Å². The predicted molar refractivity (Wildman–Crippen MR) is 101 cm³/mol.